The number of aromatic nitrogens is 2. The largest absolute Gasteiger partial charge is 0.481 e. The molecule has 0 aliphatic heterocycles. The minimum atomic E-state index is -0.771. The Labute approximate surface area is 94.1 Å². The molecular formula is C11H18N2O3. The first-order valence-electron chi connectivity index (χ1n) is 5.36. The monoisotopic (exact) mass is 226 g/mol. The summed E-state index contributed by atoms with van der Waals surface area (Å²) in [7, 11) is 0. The molecule has 0 amide bonds. The van der Waals surface area contributed by atoms with Gasteiger partial charge in [-0.1, -0.05) is 13.8 Å². The number of nitrogens with one attached hydrogen (secondary N) is 1. The highest BCUT2D eigenvalue weighted by Crippen LogP contribution is 2.27. The van der Waals surface area contributed by atoms with E-state index in [1.54, 1.807) is 17.0 Å². The van der Waals surface area contributed by atoms with Gasteiger partial charge in [0.25, 0.3) is 0 Å². The zero-order chi connectivity index (χ0) is 12.2. The lowest BCUT2D eigenvalue weighted by Crippen LogP contribution is -2.21. The second-order valence-electron chi connectivity index (χ2n) is 4.77. The molecule has 1 aromatic rings. The van der Waals surface area contributed by atoms with E-state index in [1.165, 1.54) is 0 Å². The number of aryl methyl sites for hydroxylation is 1. The molecule has 5 nitrogen and oxygen atoms in total. The smallest absolute Gasteiger partial charge is 0.325 e. The molecule has 0 aliphatic rings. The Morgan fingerprint density at radius 2 is 2.19 bits per heavy atom. The van der Waals surface area contributed by atoms with E-state index in [9.17, 15) is 9.59 Å². The normalized spacial score (nSPS) is 11.6. The van der Waals surface area contributed by atoms with Crippen molar-refractivity contribution >= 4 is 5.97 Å². The van der Waals surface area contributed by atoms with Crippen molar-refractivity contribution in [3.63, 3.8) is 0 Å². The number of aromatic amines is 1. The summed E-state index contributed by atoms with van der Waals surface area (Å²) in [5, 5.41) is 8.61. The fourth-order valence-electron chi connectivity index (χ4n) is 1.52. The van der Waals surface area contributed by atoms with Crippen molar-refractivity contribution in [2.24, 2.45) is 5.41 Å². The second-order valence-corrected chi connectivity index (χ2v) is 4.77. The van der Waals surface area contributed by atoms with Gasteiger partial charge in [-0.15, -0.1) is 0 Å². The first-order valence-corrected chi connectivity index (χ1v) is 5.36. The van der Waals surface area contributed by atoms with Crippen LogP contribution in [0.1, 0.15) is 33.1 Å². The van der Waals surface area contributed by atoms with Gasteiger partial charge in [-0.2, -0.15) is 0 Å². The number of nitrogens with zero attached hydrogens (tertiary/aromatic N) is 1. The van der Waals surface area contributed by atoms with Gasteiger partial charge in [0.05, 0.1) is 0 Å². The van der Waals surface area contributed by atoms with E-state index in [1.807, 2.05) is 13.8 Å². The SMILES string of the molecule is CC(C)(CCC(=O)O)CCn1cc[nH]c1=O. The van der Waals surface area contributed by atoms with Crippen LogP contribution in [0.3, 0.4) is 0 Å². The number of hydrogen-bond acceptors (Lipinski definition) is 2. The van der Waals surface area contributed by atoms with Gasteiger partial charge >= 0.3 is 11.7 Å². The summed E-state index contributed by atoms with van der Waals surface area (Å²) in [5.74, 6) is -0.771. The van der Waals surface area contributed by atoms with Crippen LogP contribution in [0.25, 0.3) is 0 Å². The van der Waals surface area contributed by atoms with E-state index in [0.29, 0.717) is 13.0 Å². The molecule has 0 fully saturated rings. The molecular weight excluding hydrogens is 208 g/mol. The van der Waals surface area contributed by atoms with Crippen molar-refractivity contribution in [3.05, 3.63) is 22.9 Å². The maximum Gasteiger partial charge on any atom is 0.325 e. The molecule has 90 valence electrons. The summed E-state index contributed by atoms with van der Waals surface area (Å²) >= 11 is 0. The second kappa shape index (κ2) is 5.01. The van der Waals surface area contributed by atoms with Crippen molar-refractivity contribution < 1.29 is 9.90 Å². The van der Waals surface area contributed by atoms with Crippen LogP contribution in [0.2, 0.25) is 0 Å². The van der Waals surface area contributed by atoms with Gasteiger partial charge in [0.2, 0.25) is 0 Å². The first kappa shape index (κ1) is 12.5. The first-order chi connectivity index (χ1) is 7.41. The molecule has 5 heteroatoms. The quantitative estimate of drug-likeness (QED) is 0.771. The van der Waals surface area contributed by atoms with Gasteiger partial charge in [0.1, 0.15) is 0 Å². The summed E-state index contributed by atoms with van der Waals surface area (Å²) in [6.45, 7) is 4.66. The van der Waals surface area contributed by atoms with Crippen LogP contribution < -0.4 is 5.69 Å². The van der Waals surface area contributed by atoms with Crippen LogP contribution in [0.15, 0.2) is 17.2 Å². The lowest BCUT2D eigenvalue weighted by atomic mass is 9.84. The van der Waals surface area contributed by atoms with E-state index in [4.69, 9.17) is 5.11 Å². The van der Waals surface area contributed by atoms with E-state index in [0.717, 1.165) is 6.42 Å². The maximum atomic E-state index is 11.2. The van der Waals surface area contributed by atoms with Crippen LogP contribution in [-0.2, 0) is 11.3 Å². The van der Waals surface area contributed by atoms with Gasteiger partial charge in [-0.05, 0) is 18.3 Å². The van der Waals surface area contributed by atoms with Crippen molar-refractivity contribution in [1.82, 2.24) is 9.55 Å². The predicted molar refractivity (Wildman–Crippen MR) is 60.3 cm³/mol. The third-order valence-electron chi connectivity index (χ3n) is 2.77. The summed E-state index contributed by atoms with van der Waals surface area (Å²) in [4.78, 5) is 24.3. The topological polar surface area (TPSA) is 75.1 Å². The van der Waals surface area contributed by atoms with Crippen LogP contribution in [-0.4, -0.2) is 20.6 Å². The molecule has 0 aliphatic carbocycles. The Morgan fingerprint density at radius 1 is 1.50 bits per heavy atom. The molecule has 0 atom stereocenters. The maximum absolute atomic E-state index is 11.2. The molecule has 2 N–H and O–H groups in total. The fraction of sp³-hybridized carbons (Fsp3) is 0.636. The van der Waals surface area contributed by atoms with Crippen LogP contribution in [0, 0.1) is 5.41 Å². The Hall–Kier alpha value is -1.52. The van der Waals surface area contributed by atoms with Gasteiger partial charge < -0.3 is 10.1 Å². The average Bonchev–Trinajstić information content (AvgIpc) is 2.59. The van der Waals surface area contributed by atoms with Crippen LogP contribution >= 0.6 is 0 Å². The van der Waals surface area contributed by atoms with Gasteiger partial charge in [-0.3, -0.25) is 9.36 Å². The van der Waals surface area contributed by atoms with E-state index in [-0.39, 0.29) is 17.5 Å². The average molecular weight is 226 g/mol. The lowest BCUT2D eigenvalue weighted by molar-refractivity contribution is -0.137. The molecule has 0 aromatic carbocycles. The molecule has 0 radical (unpaired) electrons. The molecule has 1 rings (SSSR count). The molecule has 16 heavy (non-hydrogen) atoms. The molecule has 0 bridgehead atoms. The van der Waals surface area contributed by atoms with Gasteiger partial charge in [0.15, 0.2) is 0 Å². The summed E-state index contributed by atoms with van der Waals surface area (Å²) in [5.41, 5.74) is -0.177. The Morgan fingerprint density at radius 3 is 2.69 bits per heavy atom. The predicted octanol–water partition coefficient (Wildman–Crippen LogP) is 1.46. The third-order valence-corrected chi connectivity index (χ3v) is 2.77. The molecule has 1 aromatic heterocycles. The zero-order valence-corrected chi connectivity index (χ0v) is 9.69. The number of aliphatic carboxylic acids is 1. The Bertz CT molecular complexity index is 403. The molecule has 1 heterocycles. The lowest BCUT2D eigenvalue weighted by Gasteiger charge is -2.23. The number of carboxylic acids is 1. The van der Waals surface area contributed by atoms with Gasteiger partial charge in [-0.25, -0.2) is 4.79 Å². The number of H-pyrrole nitrogens is 1. The van der Waals surface area contributed by atoms with Crippen molar-refractivity contribution in [2.75, 3.05) is 0 Å². The van der Waals surface area contributed by atoms with E-state index in [2.05, 4.69) is 4.98 Å². The molecule has 0 unspecified atom stereocenters. The van der Waals surface area contributed by atoms with Crippen molar-refractivity contribution in [3.8, 4) is 0 Å². The Balaban J connectivity index is 2.44. The van der Waals surface area contributed by atoms with Crippen molar-refractivity contribution in [1.29, 1.82) is 0 Å². The highest BCUT2D eigenvalue weighted by Gasteiger charge is 2.19. The summed E-state index contributed by atoms with van der Waals surface area (Å²) < 4.78 is 1.60. The Kier molecular flexibility index (Phi) is 3.93. The summed E-state index contributed by atoms with van der Waals surface area (Å²) in [6.07, 6.45) is 4.90. The van der Waals surface area contributed by atoms with Gasteiger partial charge in [0, 0.05) is 25.4 Å². The fourth-order valence-corrected chi connectivity index (χ4v) is 1.52. The number of hydrogen-bond donors (Lipinski definition) is 2. The molecule has 0 saturated heterocycles. The van der Waals surface area contributed by atoms with E-state index < -0.39 is 5.97 Å². The summed E-state index contributed by atoms with van der Waals surface area (Å²) in [6, 6.07) is 0. The van der Waals surface area contributed by atoms with Crippen LogP contribution in [0.5, 0.6) is 0 Å². The third kappa shape index (κ3) is 3.92. The highest BCUT2D eigenvalue weighted by molar-refractivity contribution is 5.66. The molecule has 0 spiro atoms. The number of imidazole rings is 1. The van der Waals surface area contributed by atoms with Crippen LogP contribution in [0.4, 0.5) is 0 Å². The van der Waals surface area contributed by atoms with E-state index >= 15 is 0 Å². The number of carbonyl (C=O) groups is 1. The minimum absolute atomic E-state index is 0.0604. The minimum Gasteiger partial charge on any atom is -0.481 e. The van der Waals surface area contributed by atoms with Crippen molar-refractivity contribution in [2.45, 2.75) is 39.7 Å². The number of rotatable bonds is 6. The highest BCUT2D eigenvalue weighted by atomic mass is 16.4. The standard InChI is InChI=1S/C11H18N2O3/c1-11(2,4-3-9(14)15)5-7-13-8-6-12-10(13)16/h6,8H,3-5,7H2,1-2H3,(H,12,16)(H,14,15). The number of carboxylic acid groups (broad SMARTS) is 1. The zero-order valence-electron chi connectivity index (χ0n) is 9.69. The molecule has 0 saturated carbocycles.